The molecule has 0 atom stereocenters. The number of hydrogen-bond acceptors (Lipinski definition) is 4. The summed E-state index contributed by atoms with van der Waals surface area (Å²) in [4.78, 5) is 13.8. The molecule has 0 unspecified atom stereocenters. The van der Waals surface area contributed by atoms with Gasteiger partial charge in [0.15, 0.2) is 0 Å². The molecule has 0 bridgehead atoms. The molecule has 0 radical (unpaired) electrons. The van der Waals surface area contributed by atoms with Gasteiger partial charge in [0.2, 0.25) is 9.04 Å². The summed E-state index contributed by atoms with van der Waals surface area (Å²) in [5.74, 6) is 0.819. The van der Waals surface area contributed by atoms with Gasteiger partial charge in [-0.15, -0.1) is 0 Å². The van der Waals surface area contributed by atoms with E-state index in [1.807, 2.05) is 61.5 Å². The molecule has 0 aliphatic carbocycles. The van der Waals surface area contributed by atoms with E-state index in [0.29, 0.717) is 0 Å². The van der Waals surface area contributed by atoms with Gasteiger partial charge >= 0.3 is 0 Å². The van der Waals surface area contributed by atoms with Crippen molar-refractivity contribution in [1.29, 1.82) is 0 Å². The fourth-order valence-electron chi connectivity index (χ4n) is 2.51. The van der Waals surface area contributed by atoms with Crippen LogP contribution in [0.3, 0.4) is 0 Å². The van der Waals surface area contributed by atoms with Crippen molar-refractivity contribution < 1.29 is 4.43 Å². The Bertz CT molecular complexity index is 879. The summed E-state index contributed by atoms with van der Waals surface area (Å²) in [6.07, 6.45) is 3.40. The molecule has 25 heavy (non-hydrogen) atoms. The first-order chi connectivity index (χ1) is 12.1. The SMILES string of the molecule is Cc1nccnc1C(=Nc1ccccc1O[SiH](C)C)c1ccccc1. The van der Waals surface area contributed by atoms with Crippen LogP contribution in [0.1, 0.15) is 17.0 Å². The van der Waals surface area contributed by atoms with Gasteiger partial charge < -0.3 is 4.43 Å². The maximum atomic E-state index is 6.04. The van der Waals surface area contributed by atoms with Gasteiger partial charge in [-0.2, -0.15) is 0 Å². The van der Waals surface area contributed by atoms with E-state index in [9.17, 15) is 0 Å². The highest BCUT2D eigenvalue weighted by Gasteiger charge is 2.14. The molecule has 0 aliphatic heterocycles. The Hall–Kier alpha value is -2.79. The quantitative estimate of drug-likeness (QED) is 0.510. The number of aliphatic imine (C=N–C) groups is 1. The Morgan fingerprint density at radius 3 is 2.32 bits per heavy atom. The molecule has 0 saturated carbocycles. The molecule has 0 amide bonds. The zero-order chi connectivity index (χ0) is 17.6. The second-order valence-electron chi connectivity index (χ2n) is 5.95. The summed E-state index contributed by atoms with van der Waals surface area (Å²) in [6, 6.07) is 18.0. The minimum absolute atomic E-state index is 0.783. The van der Waals surface area contributed by atoms with Gasteiger partial charge in [0.1, 0.15) is 17.1 Å². The highest BCUT2D eigenvalue weighted by Crippen LogP contribution is 2.29. The van der Waals surface area contributed by atoms with Gasteiger partial charge in [0.05, 0.1) is 11.4 Å². The first-order valence-electron chi connectivity index (χ1n) is 8.33. The van der Waals surface area contributed by atoms with Crippen LogP contribution in [0.4, 0.5) is 5.69 Å². The van der Waals surface area contributed by atoms with Crippen LogP contribution in [0.5, 0.6) is 5.75 Å². The summed E-state index contributed by atoms with van der Waals surface area (Å²) < 4.78 is 6.04. The molecule has 2 aromatic carbocycles. The lowest BCUT2D eigenvalue weighted by atomic mass is 10.1. The van der Waals surface area contributed by atoms with Gasteiger partial charge in [0, 0.05) is 18.0 Å². The van der Waals surface area contributed by atoms with E-state index in [0.717, 1.165) is 34.1 Å². The van der Waals surface area contributed by atoms with Crippen molar-refractivity contribution in [3.05, 3.63) is 83.9 Å². The summed E-state index contributed by atoms with van der Waals surface area (Å²) in [5, 5.41) is 0. The predicted octanol–water partition coefficient (Wildman–Crippen LogP) is 4.32. The molecule has 0 saturated heterocycles. The van der Waals surface area contributed by atoms with Gasteiger partial charge in [-0.05, 0) is 32.2 Å². The Labute approximate surface area is 150 Å². The normalized spacial score (nSPS) is 11.6. The Kier molecular flexibility index (Phi) is 5.35. The molecular formula is C20H21N3OSi. The molecule has 4 nitrogen and oxygen atoms in total. The second-order valence-corrected chi connectivity index (χ2v) is 8.28. The average Bonchev–Trinajstić information content (AvgIpc) is 2.62. The summed E-state index contributed by atoms with van der Waals surface area (Å²) in [7, 11) is -1.23. The lowest BCUT2D eigenvalue weighted by Crippen LogP contribution is -2.12. The number of para-hydroxylation sites is 2. The molecule has 3 rings (SSSR count). The summed E-state index contributed by atoms with van der Waals surface area (Å²) in [6.45, 7) is 6.24. The maximum Gasteiger partial charge on any atom is 0.229 e. The van der Waals surface area contributed by atoms with Crippen molar-refractivity contribution >= 4 is 20.4 Å². The van der Waals surface area contributed by atoms with E-state index in [4.69, 9.17) is 9.42 Å². The molecule has 0 fully saturated rings. The number of nitrogens with zero attached hydrogens (tertiary/aromatic N) is 3. The van der Waals surface area contributed by atoms with Crippen LogP contribution in [0, 0.1) is 6.92 Å². The third-order valence-electron chi connectivity index (χ3n) is 3.61. The molecule has 0 N–H and O–H groups in total. The van der Waals surface area contributed by atoms with Gasteiger partial charge in [0.25, 0.3) is 0 Å². The van der Waals surface area contributed by atoms with E-state index < -0.39 is 9.04 Å². The number of aromatic nitrogens is 2. The van der Waals surface area contributed by atoms with Crippen LogP contribution >= 0.6 is 0 Å². The summed E-state index contributed by atoms with van der Waals surface area (Å²) >= 11 is 0. The predicted molar refractivity (Wildman–Crippen MR) is 104 cm³/mol. The van der Waals surface area contributed by atoms with Crippen LogP contribution in [0.25, 0.3) is 0 Å². The van der Waals surface area contributed by atoms with Crippen molar-refractivity contribution in [3.8, 4) is 5.75 Å². The van der Waals surface area contributed by atoms with Crippen molar-refractivity contribution in [3.63, 3.8) is 0 Å². The number of hydrogen-bond donors (Lipinski definition) is 0. The molecule has 126 valence electrons. The van der Waals surface area contributed by atoms with E-state index in [1.165, 1.54) is 0 Å². The van der Waals surface area contributed by atoms with Crippen molar-refractivity contribution in [2.75, 3.05) is 0 Å². The Morgan fingerprint density at radius 1 is 0.920 bits per heavy atom. The Balaban J connectivity index is 2.16. The minimum atomic E-state index is -1.23. The smallest absolute Gasteiger partial charge is 0.229 e. The van der Waals surface area contributed by atoms with Crippen molar-refractivity contribution in [1.82, 2.24) is 9.97 Å². The van der Waals surface area contributed by atoms with Gasteiger partial charge in [-0.1, -0.05) is 42.5 Å². The monoisotopic (exact) mass is 347 g/mol. The standard InChI is InChI=1S/C20H21N3OSi/c1-15-19(22-14-13-21-15)20(16-9-5-4-6-10-16)23-17-11-7-8-12-18(17)24-25(2)3/h4-14,25H,1-3H3. The number of rotatable bonds is 5. The fourth-order valence-corrected chi connectivity index (χ4v) is 3.22. The molecule has 3 aromatic rings. The van der Waals surface area contributed by atoms with Crippen LogP contribution < -0.4 is 4.43 Å². The van der Waals surface area contributed by atoms with Crippen molar-refractivity contribution in [2.24, 2.45) is 4.99 Å². The molecule has 1 heterocycles. The first kappa shape index (κ1) is 17.0. The highest BCUT2D eigenvalue weighted by molar-refractivity contribution is 6.49. The summed E-state index contributed by atoms with van der Waals surface area (Å²) in [5.41, 5.74) is 4.25. The van der Waals surface area contributed by atoms with Crippen LogP contribution in [-0.4, -0.2) is 24.7 Å². The lowest BCUT2D eigenvalue weighted by molar-refractivity contribution is 0.582. The van der Waals surface area contributed by atoms with E-state index in [1.54, 1.807) is 12.4 Å². The van der Waals surface area contributed by atoms with E-state index >= 15 is 0 Å². The Morgan fingerprint density at radius 2 is 1.60 bits per heavy atom. The zero-order valence-corrected chi connectivity index (χ0v) is 15.8. The third-order valence-corrected chi connectivity index (χ3v) is 4.34. The highest BCUT2D eigenvalue weighted by atomic mass is 28.3. The first-order valence-corrected chi connectivity index (χ1v) is 11.1. The minimum Gasteiger partial charge on any atom is -0.546 e. The van der Waals surface area contributed by atoms with E-state index in [2.05, 4.69) is 23.1 Å². The molecule has 1 aromatic heterocycles. The maximum absolute atomic E-state index is 6.04. The van der Waals surface area contributed by atoms with Crippen molar-refractivity contribution in [2.45, 2.75) is 20.0 Å². The fraction of sp³-hybridized carbons (Fsp3) is 0.150. The van der Waals surface area contributed by atoms with Crippen LogP contribution in [-0.2, 0) is 0 Å². The number of benzene rings is 2. The van der Waals surface area contributed by atoms with Crippen LogP contribution in [0.15, 0.2) is 72.0 Å². The molecular weight excluding hydrogens is 326 g/mol. The third kappa shape index (κ3) is 4.19. The largest absolute Gasteiger partial charge is 0.546 e. The topological polar surface area (TPSA) is 47.4 Å². The van der Waals surface area contributed by atoms with Gasteiger partial charge in [-0.3, -0.25) is 9.97 Å². The molecule has 0 aliphatic rings. The second kappa shape index (κ2) is 7.85. The molecule has 0 spiro atoms. The van der Waals surface area contributed by atoms with E-state index in [-0.39, 0.29) is 0 Å². The van der Waals surface area contributed by atoms with Crippen LogP contribution in [0.2, 0.25) is 13.1 Å². The molecule has 5 heteroatoms. The average molecular weight is 347 g/mol. The zero-order valence-electron chi connectivity index (χ0n) is 14.7. The number of aryl methyl sites for hydroxylation is 1. The lowest BCUT2D eigenvalue weighted by Gasteiger charge is -2.13. The van der Waals surface area contributed by atoms with Gasteiger partial charge in [-0.25, -0.2) is 4.99 Å².